The van der Waals surface area contributed by atoms with Crippen molar-refractivity contribution in [3.63, 3.8) is 0 Å². The minimum Gasteiger partial charge on any atom is -0.461 e. The molecule has 0 saturated carbocycles. The van der Waals surface area contributed by atoms with E-state index in [4.69, 9.17) is 4.74 Å². The van der Waals surface area contributed by atoms with Crippen LogP contribution >= 0.6 is 11.5 Å². The van der Waals surface area contributed by atoms with E-state index in [9.17, 15) is 4.79 Å². The monoisotopic (exact) mass is 171 g/mol. The van der Waals surface area contributed by atoms with E-state index in [2.05, 4.69) is 4.37 Å². The van der Waals surface area contributed by atoms with Gasteiger partial charge in [-0.1, -0.05) is 0 Å². The third-order valence-electron chi connectivity index (χ3n) is 1.22. The van der Waals surface area contributed by atoms with Gasteiger partial charge < -0.3 is 4.74 Å². The lowest BCUT2D eigenvalue weighted by Gasteiger charge is -1.97. The lowest BCUT2D eigenvalue weighted by atomic mass is 10.3. The molecule has 0 radical (unpaired) electrons. The summed E-state index contributed by atoms with van der Waals surface area (Å²) >= 11 is 1.27. The quantitative estimate of drug-likeness (QED) is 0.635. The number of rotatable bonds is 2. The Hall–Kier alpha value is -0.900. The second kappa shape index (κ2) is 3.48. The van der Waals surface area contributed by atoms with Crippen LogP contribution < -0.4 is 0 Å². The van der Waals surface area contributed by atoms with Gasteiger partial charge in [0.1, 0.15) is 0 Å². The van der Waals surface area contributed by atoms with E-state index < -0.39 is 0 Å². The fraction of sp³-hybridized carbons (Fsp3) is 0.429. The van der Waals surface area contributed by atoms with Crippen molar-refractivity contribution in [2.75, 3.05) is 6.61 Å². The van der Waals surface area contributed by atoms with Crippen LogP contribution in [-0.4, -0.2) is 16.9 Å². The van der Waals surface area contributed by atoms with Gasteiger partial charge in [0, 0.05) is 5.38 Å². The molecule has 1 heterocycles. The highest BCUT2D eigenvalue weighted by atomic mass is 32.1. The maximum atomic E-state index is 11.0. The highest BCUT2D eigenvalue weighted by Gasteiger charge is 2.11. The van der Waals surface area contributed by atoms with Gasteiger partial charge in [-0.25, -0.2) is 4.79 Å². The summed E-state index contributed by atoms with van der Waals surface area (Å²) in [4.78, 5) is 11.0. The molecule has 0 saturated heterocycles. The Kier molecular flexibility index (Phi) is 2.59. The summed E-state index contributed by atoms with van der Waals surface area (Å²) < 4.78 is 8.67. The smallest absolute Gasteiger partial charge is 0.358 e. The molecule has 0 amide bonds. The van der Waals surface area contributed by atoms with Crippen LogP contribution in [0, 0.1) is 6.92 Å². The topological polar surface area (TPSA) is 39.2 Å². The highest BCUT2D eigenvalue weighted by molar-refractivity contribution is 7.03. The van der Waals surface area contributed by atoms with E-state index in [0.29, 0.717) is 12.3 Å². The zero-order valence-corrected chi connectivity index (χ0v) is 7.27. The van der Waals surface area contributed by atoms with Crippen LogP contribution in [0.4, 0.5) is 0 Å². The fourth-order valence-electron chi connectivity index (χ4n) is 0.684. The molecule has 0 atom stereocenters. The molecule has 1 rings (SSSR count). The van der Waals surface area contributed by atoms with E-state index in [0.717, 1.165) is 5.56 Å². The predicted octanol–water partition coefficient (Wildman–Crippen LogP) is 1.63. The van der Waals surface area contributed by atoms with Crippen LogP contribution in [0.3, 0.4) is 0 Å². The maximum Gasteiger partial charge on any atom is 0.358 e. The summed E-state index contributed by atoms with van der Waals surface area (Å²) in [6, 6.07) is 0. The number of hydrogen-bond acceptors (Lipinski definition) is 4. The molecule has 0 aromatic carbocycles. The van der Waals surface area contributed by atoms with Gasteiger partial charge in [-0.05, 0) is 30.9 Å². The van der Waals surface area contributed by atoms with Crippen LogP contribution in [0.2, 0.25) is 0 Å². The number of nitrogens with zero attached hydrogens (tertiary/aromatic N) is 1. The van der Waals surface area contributed by atoms with Gasteiger partial charge in [0.25, 0.3) is 0 Å². The van der Waals surface area contributed by atoms with Crippen molar-refractivity contribution in [1.29, 1.82) is 0 Å². The zero-order chi connectivity index (χ0) is 8.27. The van der Waals surface area contributed by atoms with E-state index >= 15 is 0 Å². The average molecular weight is 171 g/mol. The summed E-state index contributed by atoms with van der Waals surface area (Å²) in [7, 11) is 0. The lowest BCUT2D eigenvalue weighted by Crippen LogP contribution is -2.05. The van der Waals surface area contributed by atoms with Gasteiger partial charge in [-0.3, -0.25) is 0 Å². The summed E-state index contributed by atoms with van der Waals surface area (Å²) in [6.07, 6.45) is 0. The molecule has 1 aromatic heterocycles. The molecular weight excluding hydrogens is 162 g/mol. The molecule has 4 heteroatoms. The number of aryl methyl sites for hydroxylation is 1. The van der Waals surface area contributed by atoms with Crippen molar-refractivity contribution in [2.24, 2.45) is 0 Å². The lowest BCUT2D eigenvalue weighted by molar-refractivity contribution is 0.0520. The number of hydrogen-bond donors (Lipinski definition) is 0. The van der Waals surface area contributed by atoms with Crippen LogP contribution in [0.15, 0.2) is 5.38 Å². The van der Waals surface area contributed by atoms with Crippen LogP contribution in [0.25, 0.3) is 0 Å². The second-order valence-corrected chi connectivity index (χ2v) is 2.70. The molecule has 0 aliphatic heterocycles. The maximum absolute atomic E-state index is 11.0. The van der Waals surface area contributed by atoms with Crippen molar-refractivity contribution in [2.45, 2.75) is 13.8 Å². The third kappa shape index (κ3) is 1.77. The molecule has 0 spiro atoms. The first-order chi connectivity index (χ1) is 5.25. The standard InChI is InChI=1S/C7H9NO2S/c1-3-10-7(9)6-5(2)4-11-8-6/h4H,3H2,1-2H3. The van der Waals surface area contributed by atoms with Gasteiger partial charge >= 0.3 is 5.97 Å². The number of carbonyl (C=O) groups is 1. The van der Waals surface area contributed by atoms with Crippen molar-refractivity contribution >= 4 is 17.5 Å². The molecule has 0 aliphatic rings. The Morgan fingerprint density at radius 3 is 3.00 bits per heavy atom. The van der Waals surface area contributed by atoms with E-state index in [1.807, 2.05) is 12.3 Å². The molecule has 0 aliphatic carbocycles. The number of esters is 1. The van der Waals surface area contributed by atoms with Gasteiger partial charge in [0.15, 0.2) is 5.69 Å². The molecule has 0 fully saturated rings. The Morgan fingerprint density at radius 1 is 1.82 bits per heavy atom. The van der Waals surface area contributed by atoms with Crippen molar-refractivity contribution in [3.8, 4) is 0 Å². The SMILES string of the molecule is CCOC(=O)c1nscc1C. The summed E-state index contributed by atoms with van der Waals surface area (Å²) in [5, 5.41) is 1.83. The van der Waals surface area contributed by atoms with Crippen LogP contribution in [-0.2, 0) is 4.74 Å². The molecule has 0 bridgehead atoms. The van der Waals surface area contributed by atoms with Crippen molar-refractivity contribution in [3.05, 3.63) is 16.6 Å². The Labute approximate surface area is 69.2 Å². The van der Waals surface area contributed by atoms with Gasteiger partial charge in [0.05, 0.1) is 6.61 Å². The second-order valence-electron chi connectivity index (χ2n) is 2.07. The first-order valence-corrected chi connectivity index (χ1v) is 4.17. The third-order valence-corrected chi connectivity index (χ3v) is 1.96. The summed E-state index contributed by atoms with van der Waals surface area (Å²) in [5.74, 6) is -0.328. The number of carbonyl (C=O) groups excluding carboxylic acids is 1. The average Bonchev–Trinajstić information content (AvgIpc) is 2.36. The Bertz CT molecular complexity index is 257. The molecule has 0 N–H and O–H groups in total. The zero-order valence-electron chi connectivity index (χ0n) is 6.46. The number of aromatic nitrogens is 1. The number of ether oxygens (including phenoxy) is 1. The molecule has 60 valence electrons. The van der Waals surface area contributed by atoms with E-state index in [1.54, 1.807) is 6.92 Å². The van der Waals surface area contributed by atoms with Gasteiger partial charge in [-0.2, -0.15) is 4.37 Å². The molecule has 3 nitrogen and oxygen atoms in total. The molecule has 1 aromatic rings. The van der Waals surface area contributed by atoms with Crippen molar-refractivity contribution in [1.82, 2.24) is 4.37 Å². The van der Waals surface area contributed by atoms with Crippen LogP contribution in [0.5, 0.6) is 0 Å². The van der Waals surface area contributed by atoms with Gasteiger partial charge in [0.2, 0.25) is 0 Å². The molecule has 11 heavy (non-hydrogen) atoms. The minimum absolute atomic E-state index is 0.328. The fourth-order valence-corrected chi connectivity index (χ4v) is 1.33. The van der Waals surface area contributed by atoms with Gasteiger partial charge in [-0.15, -0.1) is 0 Å². The first-order valence-electron chi connectivity index (χ1n) is 3.33. The van der Waals surface area contributed by atoms with Crippen LogP contribution in [0.1, 0.15) is 23.0 Å². The molecule has 0 unspecified atom stereocenters. The molecular formula is C7H9NO2S. The predicted molar refractivity (Wildman–Crippen MR) is 42.8 cm³/mol. The van der Waals surface area contributed by atoms with E-state index in [-0.39, 0.29) is 5.97 Å². The van der Waals surface area contributed by atoms with E-state index in [1.165, 1.54) is 11.5 Å². The largest absolute Gasteiger partial charge is 0.461 e. The highest BCUT2D eigenvalue weighted by Crippen LogP contribution is 2.09. The normalized spacial score (nSPS) is 9.64. The Balaban J connectivity index is 2.76. The minimum atomic E-state index is -0.328. The summed E-state index contributed by atoms with van der Waals surface area (Å²) in [5.41, 5.74) is 1.32. The Morgan fingerprint density at radius 2 is 2.55 bits per heavy atom. The summed E-state index contributed by atoms with van der Waals surface area (Å²) in [6.45, 7) is 4.02. The van der Waals surface area contributed by atoms with Crippen molar-refractivity contribution < 1.29 is 9.53 Å². The first kappa shape index (κ1) is 8.20.